The molecule has 6 aliphatic carbocycles. The number of hydrogen-bond acceptors (Lipinski definition) is 0. The summed E-state index contributed by atoms with van der Waals surface area (Å²) in [6.45, 7) is 21.5. The molecular weight excluding hydrogens is 838 g/mol. The Morgan fingerprint density at radius 1 is 0.615 bits per heavy atom. The van der Waals surface area contributed by atoms with Crippen LogP contribution < -0.4 is 24.8 Å². The zero-order chi connectivity index (χ0) is 35.2. The van der Waals surface area contributed by atoms with Crippen LogP contribution >= 0.6 is 0 Å². The van der Waals surface area contributed by atoms with Crippen LogP contribution in [0.2, 0.25) is 3.67 Å². The van der Waals surface area contributed by atoms with Gasteiger partial charge in [0, 0.05) is 0 Å². The first kappa shape index (κ1) is 39.4. The smallest absolute Gasteiger partial charge is 1.00 e. The van der Waals surface area contributed by atoms with Gasteiger partial charge in [-0.3, -0.25) is 0 Å². The summed E-state index contributed by atoms with van der Waals surface area (Å²) in [5, 5.41) is 0. The van der Waals surface area contributed by atoms with Gasteiger partial charge in [0.15, 0.2) is 0 Å². The first-order chi connectivity index (χ1) is 23.8. The third-order valence-corrected chi connectivity index (χ3v) is 30.3. The Labute approximate surface area is 334 Å². The van der Waals surface area contributed by atoms with Crippen molar-refractivity contribution in [1.29, 1.82) is 0 Å². The van der Waals surface area contributed by atoms with Crippen molar-refractivity contribution in [2.45, 2.75) is 78.3 Å². The summed E-state index contributed by atoms with van der Waals surface area (Å²) in [4.78, 5) is 0. The molecule has 52 heavy (non-hydrogen) atoms. The topological polar surface area (TPSA) is 0 Å². The first-order valence-electron chi connectivity index (χ1n) is 19.1. The second-order valence-electron chi connectivity index (χ2n) is 17.7. The molecule has 0 N–H and O–H groups in total. The average molecular weight is 894 g/mol. The van der Waals surface area contributed by atoms with E-state index in [1.807, 2.05) is 6.58 Å². The van der Waals surface area contributed by atoms with E-state index in [0.29, 0.717) is 9.59 Å². The molecule has 2 fully saturated rings. The first-order valence-corrected chi connectivity index (χ1v) is 24.8. The van der Waals surface area contributed by atoms with Gasteiger partial charge in [-0.2, -0.15) is 0 Å². The summed E-state index contributed by atoms with van der Waals surface area (Å²) in [6.07, 6.45) is 38.6. The molecule has 0 heterocycles. The minimum absolute atomic E-state index is 0. The Bertz CT molecular complexity index is 1970. The van der Waals surface area contributed by atoms with Crippen molar-refractivity contribution in [3.63, 3.8) is 0 Å². The van der Waals surface area contributed by atoms with E-state index in [9.17, 15) is 0 Å². The maximum atomic E-state index is 2.83. The van der Waals surface area contributed by atoms with Crippen LogP contribution in [0.3, 0.4) is 0 Å². The zero-order valence-corrected chi connectivity index (χ0v) is 37.5. The Morgan fingerprint density at radius 2 is 1.12 bits per heavy atom. The van der Waals surface area contributed by atoms with Gasteiger partial charge in [0.2, 0.25) is 0 Å². The standard InChI is InChI=1S/C29H37.C15H14.C5H5.2ClH.Hf/c1-21-14-13-15-22-20-27(6)25(4)18-10-9-16-23(25,2)24(3)17-11-12-19-26(24,5)29(27,8)28(21,22)7;1-3-8-14(9-4-1)12-7-13-15-10-5-2-6-11-15;1-2-4-5-3-1;;;/h9-20,22H,1-8H3;1-6,8-11H,12-13H2;1-3H,4H2;2*1H;/q;;;;;+2/p-2. The van der Waals surface area contributed by atoms with Gasteiger partial charge in [-0.1, -0.05) is 0 Å². The van der Waals surface area contributed by atoms with Gasteiger partial charge in [-0.25, -0.2) is 0 Å². The Morgan fingerprint density at radius 3 is 1.63 bits per heavy atom. The summed E-state index contributed by atoms with van der Waals surface area (Å²) in [5.74, 6) is 0.464. The van der Waals surface area contributed by atoms with E-state index in [-0.39, 0.29) is 62.7 Å². The SMILES string of the molecule is CC1=CC=CC2[CH]([Hf+2]([C]3=CC=CC3)=[C](Cc3ccccc3)Cc3ccccc3)C3(C)C4(C)C=CC=CC4(C)C4(C)C=CC=CC4(C)C3(C)C12C.[Cl-].[Cl-]. The molecular formula is C49H56Cl2Hf. The fourth-order valence-electron chi connectivity index (χ4n) is 13.5. The molecule has 270 valence electrons. The quantitative estimate of drug-likeness (QED) is 0.297. The summed E-state index contributed by atoms with van der Waals surface area (Å²) < 4.78 is 4.27. The van der Waals surface area contributed by atoms with Crippen molar-refractivity contribution < 1.29 is 45.8 Å². The van der Waals surface area contributed by atoms with Gasteiger partial charge >= 0.3 is 312 Å². The van der Waals surface area contributed by atoms with E-state index in [4.69, 9.17) is 0 Å². The molecule has 2 aromatic carbocycles. The van der Waals surface area contributed by atoms with Crippen molar-refractivity contribution >= 4 is 3.26 Å². The van der Waals surface area contributed by atoms with Crippen molar-refractivity contribution in [2.24, 2.45) is 43.8 Å². The van der Waals surface area contributed by atoms with Crippen LogP contribution in [0.15, 0.2) is 155 Å². The molecule has 9 unspecified atom stereocenters. The average Bonchev–Trinajstić information content (AvgIpc) is 3.70. The van der Waals surface area contributed by atoms with Crippen LogP contribution in [0.5, 0.6) is 0 Å². The number of hydrogen-bond donors (Lipinski definition) is 0. The largest absolute Gasteiger partial charge is 1.00 e. The van der Waals surface area contributed by atoms with Gasteiger partial charge in [0.1, 0.15) is 0 Å². The molecule has 2 saturated carbocycles. The molecule has 0 aromatic heterocycles. The number of fused-ring (bicyclic) bond motifs is 8. The van der Waals surface area contributed by atoms with E-state index in [2.05, 4.69) is 201 Å². The van der Waals surface area contributed by atoms with Crippen molar-refractivity contribution in [3.05, 3.63) is 166 Å². The Balaban J connectivity index is 0.00000232. The number of allylic oxidation sites excluding steroid dienone is 16. The monoisotopic (exact) mass is 894 g/mol. The van der Waals surface area contributed by atoms with Crippen molar-refractivity contribution in [3.8, 4) is 0 Å². The van der Waals surface area contributed by atoms with Crippen molar-refractivity contribution in [1.82, 2.24) is 0 Å². The van der Waals surface area contributed by atoms with E-state index in [1.54, 1.807) is 5.57 Å². The van der Waals surface area contributed by atoms with Crippen LogP contribution in [0.25, 0.3) is 0 Å². The van der Waals surface area contributed by atoms with Crippen LogP contribution in [0.4, 0.5) is 0 Å². The minimum atomic E-state index is -3.03. The molecule has 0 saturated heterocycles. The maximum absolute atomic E-state index is 3.03. The van der Waals surface area contributed by atoms with E-state index >= 15 is 0 Å². The number of halogens is 2. The molecule has 8 rings (SSSR count). The Kier molecular flexibility index (Phi) is 10.2. The van der Waals surface area contributed by atoms with E-state index in [0.717, 1.165) is 19.3 Å². The normalized spacial score (nSPS) is 39.8. The summed E-state index contributed by atoms with van der Waals surface area (Å²) in [5.41, 5.74) is 4.09. The molecule has 0 spiro atoms. The van der Waals surface area contributed by atoms with Gasteiger partial charge in [0.05, 0.1) is 0 Å². The van der Waals surface area contributed by atoms with Crippen LogP contribution in [-0.2, 0) is 33.8 Å². The Hall–Kier alpha value is -2.32. The molecule has 0 aliphatic heterocycles. The summed E-state index contributed by atoms with van der Waals surface area (Å²) in [7, 11) is 0. The fraction of sp³-hybridized carbons (Fsp3) is 0.408. The van der Waals surface area contributed by atoms with E-state index in [1.165, 1.54) is 11.1 Å². The summed E-state index contributed by atoms with van der Waals surface area (Å²) >= 11 is -3.03. The third kappa shape index (κ3) is 4.64. The summed E-state index contributed by atoms with van der Waals surface area (Å²) in [6, 6.07) is 22.9. The van der Waals surface area contributed by atoms with Crippen LogP contribution in [-0.4, -0.2) is 3.26 Å². The fourth-order valence-corrected chi connectivity index (χ4v) is 30.2. The molecule has 0 nitrogen and oxygen atoms in total. The number of rotatable bonds is 6. The second-order valence-corrected chi connectivity index (χ2v) is 27.7. The molecule has 0 radical (unpaired) electrons. The molecule has 0 bridgehead atoms. The number of benzene rings is 2. The molecule has 9 atom stereocenters. The van der Waals surface area contributed by atoms with Gasteiger partial charge in [-0.15, -0.1) is 0 Å². The molecule has 0 amide bonds. The predicted octanol–water partition coefficient (Wildman–Crippen LogP) is 6.36. The molecule has 6 aliphatic rings. The van der Waals surface area contributed by atoms with Crippen LogP contribution in [0.1, 0.15) is 72.9 Å². The predicted molar refractivity (Wildman–Crippen MR) is 211 cm³/mol. The maximum Gasteiger partial charge on any atom is -1.00 e. The van der Waals surface area contributed by atoms with Gasteiger partial charge in [0.25, 0.3) is 0 Å². The van der Waals surface area contributed by atoms with Gasteiger partial charge in [-0.05, 0) is 0 Å². The van der Waals surface area contributed by atoms with Crippen LogP contribution in [0, 0.1) is 43.8 Å². The zero-order valence-electron chi connectivity index (χ0n) is 32.4. The molecule has 3 heteroatoms. The molecule has 2 aromatic rings. The van der Waals surface area contributed by atoms with Gasteiger partial charge < -0.3 is 24.8 Å². The third-order valence-electron chi connectivity index (χ3n) is 16.8. The van der Waals surface area contributed by atoms with Crippen molar-refractivity contribution in [2.75, 3.05) is 0 Å². The second kappa shape index (κ2) is 13.5. The van der Waals surface area contributed by atoms with E-state index < -0.39 is 21.0 Å². The minimum Gasteiger partial charge on any atom is -1.00 e.